The lowest BCUT2D eigenvalue weighted by atomic mass is 10.4. The summed E-state index contributed by atoms with van der Waals surface area (Å²) in [7, 11) is 0. The molecule has 14 heavy (non-hydrogen) atoms. The Morgan fingerprint density at radius 3 is 2.64 bits per heavy atom. The lowest BCUT2D eigenvalue weighted by molar-refractivity contribution is -0.136. The van der Waals surface area contributed by atoms with Crippen molar-refractivity contribution < 1.29 is 14.7 Å². The number of thioether (sulfide) groups is 1. The summed E-state index contributed by atoms with van der Waals surface area (Å²) in [5, 5.41) is 11.2. The van der Waals surface area contributed by atoms with Crippen molar-refractivity contribution in [1.29, 1.82) is 0 Å². The maximum absolute atomic E-state index is 11.1. The molecule has 0 bridgehead atoms. The molecule has 5 heteroatoms. The molecule has 0 aromatic rings. The maximum Gasteiger partial charge on any atom is 0.304 e. The molecule has 0 saturated heterocycles. The Kier molecular flexibility index (Phi) is 4.79. The minimum atomic E-state index is -0.764. The number of rotatable bonds is 7. The first-order valence-electron chi connectivity index (χ1n) is 4.77. The van der Waals surface area contributed by atoms with E-state index in [0.29, 0.717) is 12.3 Å². The van der Waals surface area contributed by atoms with Gasteiger partial charge in [-0.25, -0.2) is 0 Å². The fourth-order valence-electron chi connectivity index (χ4n) is 0.998. The van der Waals surface area contributed by atoms with Crippen LogP contribution in [-0.2, 0) is 9.59 Å². The normalized spacial score (nSPS) is 15.1. The van der Waals surface area contributed by atoms with E-state index >= 15 is 0 Å². The van der Waals surface area contributed by atoms with Gasteiger partial charge < -0.3 is 10.4 Å². The van der Waals surface area contributed by atoms with Gasteiger partial charge in [-0.1, -0.05) is 0 Å². The van der Waals surface area contributed by atoms with E-state index in [2.05, 4.69) is 5.32 Å². The minimum Gasteiger partial charge on any atom is -0.481 e. The molecular weight excluding hydrogens is 202 g/mol. The summed E-state index contributed by atoms with van der Waals surface area (Å²) in [6, 6.07) is 0. The third kappa shape index (κ3) is 5.11. The molecule has 0 aromatic carbocycles. The van der Waals surface area contributed by atoms with E-state index in [0.717, 1.165) is 18.6 Å². The molecule has 0 aliphatic heterocycles. The predicted molar refractivity (Wildman–Crippen MR) is 55.3 cm³/mol. The van der Waals surface area contributed by atoms with Crippen LogP contribution in [0.1, 0.15) is 19.3 Å². The van der Waals surface area contributed by atoms with Crippen molar-refractivity contribution in [3.63, 3.8) is 0 Å². The molecule has 1 saturated carbocycles. The Labute approximate surface area is 87.4 Å². The van der Waals surface area contributed by atoms with Crippen molar-refractivity contribution >= 4 is 23.6 Å². The number of aliphatic carboxylic acids is 1. The molecule has 1 aliphatic carbocycles. The topological polar surface area (TPSA) is 66.4 Å². The van der Waals surface area contributed by atoms with Crippen LogP contribution in [0.25, 0.3) is 0 Å². The molecule has 4 nitrogen and oxygen atoms in total. The fourth-order valence-corrected chi connectivity index (χ4v) is 1.77. The number of carbonyl (C=O) groups is 2. The lowest BCUT2D eigenvalue weighted by Gasteiger charge is -2.02. The van der Waals surface area contributed by atoms with Gasteiger partial charge in [-0.15, -0.1) is 0 Å². The van der Waals surface area contributed by atoms with Crippen molar-refractivity contribution in [2.24, 2.45) is 5.92 Å². The van der Waals surface area contributed by atoms with Gasteiger partial charge in [-0.05, 0) is 12.8 Å². The summed E-state index contributed by atoms with van der Waals surface area (Å²) in [6.45, 7) is 0.652. The van der Waals surface area contributed by atoms with E-state index in [9.17, 15) is 9.59 Å². The molecule has 80 valence electrons. The van der Waals surface area contributed by atoms with Crippen LogP contribution < -0.4 is 5.32 Å². The predicted octanol–water partition coefficient (Wildman–Crippen LogP) is 0.720. The molecule has 0 radical (unpaired) electrons. The second kappa shape index (κ2) is 5.90. The number of hydrogen-bond donors (Lipinski definition) is 2. The van der Waals surface area contributed by atoms with Gasteiger partial charge in [0.05, 0.1) is 6.42 Å². The van der Waals surface area contributed by atoms with E-state index in [-0.39, 0.29) is 18.2 Å². The van der Waals surface area contributed by atoms with Crippen LogP contribution in [0, 0.1) is 5.92 Å². The standard InChI is InChI=1S/C9H15NO3S/c11-8(12)3-5-14-6-4-10-9(13)7-1-2-7/h7H,1-6H2,(H,10,13)(H,11,12). The summed E-state index contributed by atoms with van der Waals surface area (Å²) >= 11 is 1.56. The molecule has 0 heterocycles. The Morgan fingerprint density at radius 1 is 1.36 bits per heavy atom. The van der Waals surface area contributed by atoms with E-state index in [1.54, 1.807) is 11.8 Å². The first-order valence-corrected chi connectivity index (χ1v) is 5.93. The van der Waals surface area contributed by atoms with Crippen LogP contribution in [0.2, 0.25) is 0 Å². The zero-order valence-electron chi connectivity index (χ0n) is 7.99. The van der Waals surface area contributed by atoms with Crippen LogP contribution in [0.4, 0.5) is 0 Å². The fraction of sp³-hybridized carbons (Fsp3) is 0.778. The van der Waals surface area contributed by atoms with E-state index in [1.165, 1.54) is 0 Å². The zero-order valence-corrected chi connectivity index (χ0v) is 8.81. The zero-order chi connectivity index (χ0) is 10.4. The molecular formula is C9H15NO3S. The van der Waals surface area contributed by atoms with E-state index in [4.69, 9.17) is 5.11 Å². The van der Waals surface area contributed by atoms with Gasteiger partial charge in [-0.2, -0.15) is 11.8 Å². The third-order valence-corrected chi connectivity index (χ3v) is 2.94. The lowest BCUT2D eigenvalue weighted by Crippen LogP contribution is -2.27. The average Bonchev–Trinajstić information content (AvgIpc) is 2.92. The Morgan fingerprint density at radius 2 is 2.07 bits per heavy atom. The first-order chi connectivity index (χ1) is 6.70. The average molecular weight is 217 g/mol. The van der Waals surface area contributed by atoms with Gasteiger partial charge in [0.25, 0.3) is 0 Å². The Hall–Kier alpha value is -0.710. The summed E-state index contributed by atoms with van der Waals surface area (Å²) in [5.74, 6) is 1.07. The van der Waals surface area contributed by atoms with Gasteiger partial charge in [-0.3, -0.25) is 9.59 Å². The third-order valence-electron chi connectivity index (χ3n) is 1.95. The number of carboxylic acid groups (broad SMARTS) is 1. The Balaban J connectivity index is 1.84. The van der Waals surface area contributed by atoms with Gasteiger partial charge in [0.2, 0.25) is 5.91 Å². The summed E-state index contributed by atoms with van der Waals surface area (Å²) < 4.78 is 0. The molecule has 1 aliphatic rings. The maximum atomic E-state index is 11.1. The summed E-state index contributed by atoms with van der Waals surface area (Å²) in [6.07, 6.45) is 2.25. The SMILES string of the molecule is O=C(O)CCSCCNC(=O)C1CC1. The minimum absolute atomic E-state index is 0.156. The molecule has 1 amide bonds. The van der Waals surface area contributed by atoms with Crippen LogP contribution in [0.3, 0.4) is 0 Å². The van der Waals surface area contributed by atoms with Crippen LogP contribution >= 0.6 is 11.8 Å². The van der Waals surface area contributed by atoms with Crippen molar-refractivity contribution in [3.8, 4) is 0 Å². The molecule has 0 atom stereocenters. The number of hydrogen-bond acceptors (Lipinski definition) is 3. The highest BCUT2D eigenvalue weighted by atomic mass is 32.2. The number of carboxylic acids is 1. The molecule has 0 unspecified atom stereocenters. The quantitative estimate of drug-likeness (QED) is 0.617. The molecule has 2 N–H and O–H groups in total. The smallest absolute Gasteiger partial charge is 0.304 e. The van der Waals surface area contributed by atoms with Crippen LogP contribution in [0.5, 0.6) is 0 Å². The van der Waals surface area contributed by atoms with Crippen LogP contribution in [-0.4, -0.2) is 35.0 Å². The van der Waals surface area contributed by atoms with Crippen molar-refractivity contribution in [2.75, 3.05) is 18.1 Å². The second-order valence-electron chi connectivity index (χ2n) is 3.32. The van der Waals surface area contributed by atoms with E-state index in [1.807, 2.05) is 0 Å². The van der Waals surface area contributed by atoms with Crippen molar-refractivity contribution in [2.45, 2.75) is 19.3 Å². The van der Waals surface area contributed by atoms with Crippen LogP contribution in [0.15, 0.2) is 0 Å². The molecule has 0 aromatic heterocycles. The number of carbonyl (C=O) groups excluding carboxylic acids is 1. The monoisotopic (exact) mass is 217 g/mol. The molecule has 0 spiro atoms. The van der Waals surface area contributed by atoms with Gasteiger partial charge >= 0.3 is 5.97 Å². The summed E-state index contributed by atoms with van der Waals surface area (Å²) in [4.78, 5) is 21.3. The number of nitrogens with one attached hydrogen (secondary N) is 1. The Bertz CT molecular complexity index is 216. The molecule has 1 rings (SSSR count). The highest BCUT2D eigenvalue weighted by Crippen LogP contribution is 2.28. The summed E-state index contributed by atoms with van der Waals surface area (Å²) in [5.41, 5.74) is 0. The van der Waals surface area contributed by atoms with Gasteiger partial charge in [0.15, 0.2) is 0 Å². The van der Waals surface area contributed by atoms with Crippen molar-refractivity contribution in [1.82, 2.24) is 5.32 Å². The highest BCUT2D eigenvalue weighted by Gasteiger charge is 2.28. The highest BCUT2D eigenvalue weighted by molar-refractivity contribution is 7.99. The van der Waals surface area contributed by atoms with Gasteiger partial charge in [0.1, 0.15) is 0 Å². The van der Waals surface area contributed by atoms with Crippen molar-refractivity contribution in [3.05, 3.63) is 0 Å². The molecule has 1 fully saturated rings. The number of amides is 1. The first kappa shape index (κ1) is 11.4. The largest absolute Gasteiger partial charge is 0.481 e. The van der Waals surface area contributed by atoms with Gasteiger partial charge in [0, 0.05) is 24.0 Å². The second-order valence-corrected chi connectivity index (χ2v) is 4.55. The van der Waals surface area contributed by atoms with E-state index < -0.39 is 5.97 Å².